The molecule has 0 aliphatic heterocycles. The smallest absolute Gasteiger partial charge is 0.208 e. The molecule has 1 aromatic carbocycles. The van der Waals surface area contributed by atoms with Crippen LogP contribution >= 0.6 is 0 Å². The number of hydrogen-bond donors (Lipinski definition) is 2. The lowest BCUT2D eigenvalue weighted by molar-refractivity contribution is 0.146. The first-order valence-corrected chi connectivity index (χ1v) is 7.19. The number of aliphatic imine (C=N–C) groups is 1. The molecule has 0 aliphatic carbocycles. The summed E-state index contributed by atoms with van der Waals surface area (Å²) in [5, 5.41) is 0. The Morgan fingerprint density at radius 3 is 2.65 bits per heavy atom. The number of guanidine groups is 1. The maximum Gasteiger partial charge on any atom is 0.208 e. The standard InChI is InChI=1S/C15H26N4O/c1-3-19(13-14-9-6-5-7-10-14)15(18-16)17-11-8-12-20-4-2/h5-7,9-10H,3-4,8,11-13,16H2,1-2H3,(H,17,18). The van der Waals surface area contributed by atoms with Crippen molar-refractivity contribution in [3.05, 3.63) is 35.9 Å². The fraction of sp³-hybridized carbons (Fsp3) is 0.533. The summed E-state index contributed by atoms with van der Waals surface area (Å²) in [5.41, 5.74) is 3.94. The highest BCUT2D eigenvalue weighted by atomic mass is 16.5. The van der Waals surface area contributed by atoms with Gasteiger partial charge < -0.3 is 9.64 Å². The molecule has 0 spiro atoms. The zero-order valence-corrected chi connectivity index (χ0v) is 12.5. The van der Waals surface area contributed by atoms with E-state index in [0.29, 0.717) is 6.54 Å². The maximum atomic E-state index is 5.59. The van der Waals surface area contributed by atoms with Gasteiger partial charge in [-0.3, -0.25) is 10.4 Å². The van der Waals surface area contributed by atoms with E-state index >= 15 is 0 Å². The maximum absolute atomic E-state index is 5.59. The van der Waals surface area contributed by atoms with Gasteiger partial charge in [-0.15, -0.1) is 0 Å². The normalized spacial score (nSPS) is 11.4. The quantitative estimate of drug-likeness (QED) is 0.250. The minimum atomic E-state index is 0.713. The average Bonchev–Trinajstić information content (AvgIpc) is 2.50. The first-order chi connectivity index (χ1) is 9.81. The Labute approximate surface area is 121 Å². The number of benzene rings is 1. The topological polar surface area (TPSA) is 62.9 Å². The van der Waals surface area contributed by atoms with Gasteiger partial charge in [0, 0.05) is 32.8 Å². The van der Waals surface area contributed by atoms with Gasteiger partial charge in [0.25, 0.3) is 0 Å². The molecule has 1 aromatic rings. The van der Waals surface area contributed by atoms with Gasteiger partial charge in [0.15, 0.2) is 0 Å². The van der Waals surface area contributed by atoms with Crippen LogP contribution in [0.4, 0.5) is 0 Å². The Morgan fingerprint density at radius 1 is 1.30 bits per heavy atom. The van der Waals surface area contributed by atoms with Crippen LogP contribution in [0.1, 0.15) is 25.8 Å². The minimum Gasteiger partial charge on any atom is -0.382 e. The molecule has 0 aromatic heterocycles. The molecule has 0 fully saturated rings. The monoisotopic (exact) mass is 278 g/mol. The largest absolute Gasteiger partial charge is 0.382 e. The number of hydrogen-bond acceptors (Lipinski definition) is 3. The predicted octanol–water partition coefficient (Wildman–Crippen LogP) is 1.75. The second kappa shape index (κ2) is 10.2. The van der Waals surface area contributed by atoms with Crippen LogP contribution in [0.15, 0.2) is 35.3 Å². The van der Waals surface area contributed by atoms with Crippen LogP contribution in [0.2, 0.25) is 0 Å². The van der Waals surface area contributed by atoms with Crippen LogP contribution in [0, 0.1) is 0 Å². The number of nitrogens with zero attached hydrogens (tertiary/aromatic N) is 2. The van der Waals surface area contributed by atoms with Crippen molar-refractivity contribution < 1.29 is 4.74 Å². The summed E-state index contributed by atoms with van der Waals surface area (Å²) in [6.45, 7) is 7.94. The van der Waals surface area contributed by atoms with Gasteiger partial charge in [0.2, 0.25) is 5.96 Å². The van der Waals surface area contributed by atoms with Gasteiger partial charge in [-0.1, -0.05) is 30.3 Å². The number of hydrazine groups is 1. The van der Waals surface area contributed by atoms with E-state index in [9.17, 15) is 0 Å². The molecular weight excluding hydrogens is 252 g/mol. The van der Waals surface area contributed by atoms with Crippen molar-refractivity contribution in [3.63, 3.8) is 0 Å². The first-order valence-electron chi connectivity index (χ1n) is 7.19. The summed E-state index contributed by atoms with van der Waals surface area (Å²) in [5.74, 6) is 6.32. The van der Waals surface area contributed by atoms with E-state index in [2.05, 4.69) is 34.4 Å². The Bertz CT molecular complexity index is 381. The molecule has 0 heterocycles. The van der Waals surface area contributed by atoms with Crippen LogP contribution in [-0.4, -0.2) is 37.2 Å². The van der Waals surface area contributed by atoms with Crippen LogP contribution in [0.5, 0.6) is 0 Å². The van der Waals surface area contributed by atoms with E-state index in [-0.39, 0.29) is 0 Å². The molecule has 1 rings (SSSR count). The number of ether oxygens (including phenoxy) is 1. The highest BCUT2D eigenvalue weighted by molar-refractivity contribution is 5.79. The van der Waals surface area contributed by atoms with E-state index in [1.807, 2.05) is 25.1 Å². The molecule has 3 N–H and O–H groups in total. The first kappa shape index (κ1) is 16.5. The van der Waals surface area contributed by atoms with Crippen LogP contribution < -0.4 is 11.3 Å². The molecule has 5 heteroatoms. The lowest BCUT2D eigenvalue weighted by atomic mass is 10.2. The highest BCUT2D eigenvalue weighted by Gasteiger charge is 2.08. The minimum absolute atomic E-state index is 0.713. The molecular formula is C15H26N4O. The van der Waals surface area contributed by atoms with Crippen molar-refractivity contribution >= 4 is 5.96 Å². The number of nitrogens with two attached hydrogens (primary N) is 1. The SMILES string of the molecule is CCOCCCN=C(NN)N(CC)Cc1ccccc1. The summed E-state index contributed by atoms with van der Waals surface area (Å²) < 4.78 is 5.30. The lowest BCUT2D eigenvalue weighted by Crippen LogP contribution is -2.44. The molecule has 0 saturated carbocycles. The summed E-state index contributed by atoms with van der Waals surface area (Å²) in [6.07, 6.45) is 0.905. The van der Waals surface area contributed by atoms with E-state index in [1.54, 1.807) is 0 Å². The van der Waals surface area contributed by atoms with Crippen molar-refractivity contribution in [1.82, 2.24) is 10.3 Å². The van der Waals surface area contributed by atoms with Crippen molar-refractivity contribution in [2.24, 2.45) is 10.8 Å². The molecule has 5 nitrogen and oxygen atoms in total. The van der Waals surface area contributed by atoms with Crippen LogP contribution in [0.3, 0.4) is 0 Å². The van der Waals surface area contributed by atoms with E-state index in [0.717, 1.165) is 38.7 Å². The highest BCUT2D eigenvalue weighted by Crippen LogP contribution is 2.04. The van der Waals surface area contributed by atoms with Gasteiger partial charge in [-0.25, -0.2) is 5.84 Å². The van der Waals surface area contributed by atoms with E-state index in [4.69, 9.17) is 10.6 Å². The molecule has 112 valence electrons. The van der Waals surface area contributed by atoms with Gasteiger partial charge in [-0.2, -0.15) is 0 Å². The molecule has 0 unspecified atom stereocenters. The molecule has 0 radical (unpaired) electrons. The fourth-order valence-corrected chi connectivity index (χ4v) is 1.87. The number of rotatable bonds is 8. The van der Waals surface area contributed by atoms with Crippen LogP contribution in [-0.2, 0) is 11.3 Å². The summed E-state index contributed by atoms with van der Waals surface area (Å²) in [7, 11) is 0. The predicted molar refractivity (Wildman–Crippen MR) is 83.3 cm³/mol. The van der Waals surface area contributed by atoms with Gasteiger partial charge >= 0.3 is 0 Å². The third-order valence-electron chi connectivity index (χ3n) is 2.94. The Kier molecular flexibility index (Phi) is 8.42. The Morgan fingerprint density at radius 2 is 2.05 bits per heavy atom. The molecule has 20 heavy (non-hydrogen) atoms. The third kappa shape index (κ3) is 6.04. The van der Waals surface area contributed by atoms with E-state index in [1.165, 1.54) is 5.56 Å². The molecule has 0 amide bonds. The summed E-state index contributed by atoms with van der Waals surface area (Å²) in [4.78, 5) is 6.63. The van der Waals surface area contributed by atoms with Gasteiger partial charge in [-0.05, 0) is 25.8 Å². The molecule has 0 bridgehead atoms. The van der Waals surface area contributed by atoms with Crippen molar-refractivity contribution in [3.8, 4) is 0 Å². The van der Waals surface area contributed by atoms with Crippen molar-refractivity contribution in [2.45, 2.75) is 26.8 Å². The van der Waals surface area contributed by atoms with Crippen molar-refractivity contribution in [2.75, 3.05) is 26.3 Å². The number of nitrogens with one attached hydrogen (secondary N) is 1. The second-order valence-corrected chi connectivity index (χ2v) is 4.40. The molecule has 0 saturated heterocycles. The Balaban J connectivity index is 2.53. The zero-order valence-electron chi connectivity index (χ0n) is 12.5. The summed E-state index contributed by atoms with van der Waals surface area (Å²) >= 11 is 0. The average molecular weight is 278 g/mol. The van der Waals surface area contributed by atoms with Gasteiger partial charge in [0.05, 0.1) is 0 Å². The van der Waals surface area contributed by atoms with Crippen molar-refractivity contribution in [1.29, 1.82) is 0 Å². The van der Waals surface area contributed by atoms with Crippen LogP contribution in [0.25, 0.3) is 0 Å². The summed E-state index contributed by atoms with van der Waals surface area (Å²) in [6, 6.07) is 10.3. The zero-order chi connectivity index (χ0) is 14.6. The lowest BCUT2D eigenvalue weighted by Gasteiger charge is -2.24. The Hall–Kier alpha value is -1.59. The molecule has 0 atom stereocenters. The van der Waals surface area contributed by atoms with E-state index < -0.39 is 0 Å². The van der Waals surface area contributed by atoms with Gasteiger partial charge in [0.1, 0.15) is 0 Å². The third-order valence-corrected chi connectivity index (χ3v) is 2.94. The second-order valence-electron chi connectivity index (χ2n) is 4.40. The fourth-order valence-electron chi connectivity index (χ4n) is 1.87. The molecule has 0 aliphatic rings.